The van der Waals surface area contributed by atoms with Crippen molar-refractivity contribution < 1.29 is 24.2 Å². The second kappa shape index (κ2) is 8.45. The summed E-state index contributed by atoms with van der Waals surface area (Å²) in [6.45, 7) is 1.63. The van der Waals surface area contributed by atoms with Crippen LogP contribution in [0.1, 0.15) is 24.5 Å². The lowest BCUT2D eigenvalue weighted by atomic mass is 9.78. The molecule has 0 bridgehead atoms. The van der Waals surface area contributed by atoms with Crippen LogP contribution >= 0.6 is 0 Å². The molecule has 7 heteroatoms. The molecule has 0 aromatic heterocycles. The van der Waals surface area contributed by atoms with Gasteiger partial charge in [0.25, 0.3) is 0 Å². The van der Waals surface area contributed by atoms with Gasteiger partial charge in [0.05, 0.1) is 12.0 Å². The number of rotatable bonds is 6. The summed E-state index contributed by atoms with van der Waals surface area (Å²) in [4.78, 5) is 39.6. The average Bonchev–Trinajstić information content (AvgIpc) is 3.14. The maximum absolute atomic E-state index is 13.0. The fourth-order valence-electron chi connectivity index (χ4n) is 3.92. The van der Waals surface area contributed by atoms with E-state index in [1.807, 2.05) is 30.3 Å². The molecular weight excluding hydrogens is 372 g/mol. The molecule has 1 unspecified atom stereocenters. The maximum atomic E-state index is 13.0. The molecule has 0 saturated carbocycles. The van der Waals surface area contributed by atoms with Gasteiger partial charge in [0, 0.05) is 6.54 Å². The number of carboxylic acids is 1. The third kappa shape index (κ3) is 3.73. The minimum Gasteiger partial charge on any atom is -0.479 e. The van der Waals surface area contributed by atoms with E-state index < -0.39 is 35.3 Å². The van der Waals surface area contributed by atoms with Crippen LogP contribution < -0.4 is 5.73 Å². The molecule has 1 heterocycles. The molecule has 1 saturated heterocycles. The third-order valence-electron chi connectivity index (χ3n) is 5.28. The van der Waals surface area contributed by atoms with Crippen LogP contribution in [0.3, 0.4) is 0 Å². The molecule has 1 amide bonds. The van der Waals surface area contributed by atoms with Gasteiger partial charge in [0.2, 0.25) is 5.91 Å². The van der Waals surface area contributed by atoms with Crippen molar-refractivity contribution in [2.24, 2.45) is 11.7 Å². The van der Waals surface area contributed by atoms with Crippen LogP contribution in [0.2, 0.25) is 0 Å². The van der Waals surface area contributed by atoms with E-state index in [0.29, 0.717) is 5.56 Å². The lowest BCUT2D eigenvalue weighted by Gasteiger charge is -2.38. The summed E-state index contributed by atoms with van der Waals surface area (Å²) in [6.07, 6.45) is 0.174. The van der Waals surface area contributed by atoms with Crippen LogP contribution in [-0.4, -0.2) is 40.4 Å². The van der Waals surface area contributed by atoms with Gasteiger partial charge < -0.3 is 20.5 Å². The third-order valence-corrected chi connectivity index (χ3v) is 5.28. The Hall–Kier alpha value is -3.19. The maximum Gasteiger partial charge on any atom is 0.335 e. The fraction of sp³-hybridized carbons (Fsp3) is 0.318. The first-order valence-corrected chi connectivity index (χ1v) is 9.45. The van der Waals surface area contributed by atoms with E-state index in [-0.39, 0.29) is 19.6 Å². The summed E-state index contributed by atoms with van der Waals surface area (Å²) >= 11 is 0. The van der Waals surface area contributed by atoms with E-state index in [0.717, 1.165) is 5.56 Å². The minimum absolute atomic E-state index is 0.0297. The molecule has 7 nitrogen and oxygen atoms in total. The molecule has 152 valence electrons. The first kappa shape index (κ1) is 20.5. The predicted molar refractivity (Wildman–Crippen MR) is 105 cm³/mol. The van der Waals surface area contributed by atoms with Crippen molar-refractivity contribution in [3.63, 3.8) is 0 Å². The van der Waals surface area contributed by atoms with Gasteiger partial charge in [-0.25, -0.2) is 4.79 Å². The number of likely N-dealkylation sites (tertiary alicyclic amines) is 1. The number of hydrogen-bond acceptors (Lipinski definition) is 5. The number of amides is 1. The van der Waals surface area contributed by atoms with Crippen LogP contribution in [0.4, 0.5) is 0 Å². The fourth-order valence-corrected chi connectivity index (χ4v) is 3.92. The highest BCUT2D eigenvalue weighted by Gasteiger charge is 2.61. The summed E-state index contributed by atoms with van der Waals surface area (Å²) in [5.41, 5.74) is 5.05. The minimum atomic E-state index is -1.86. The zero-order chi connectivity index (χ0) is 21.0. The van der Waals surface area contributed by atoms with E-state index in [4.69, 9.17) is 10.5 Å². The van der Waals surface area contributed by atoms with Crippen molar-refractivity contribution >= 4 is 17.8 Å². The zero-order valence-electron chi connectivity index (χ0n) is 16.2. The quantitative estimate of drug-likeness (QED) is 0.722. The summed E-state index contributed by atoms with van der Waals surface area (Å²) < 4.78 is 5.46. The van der Waals surface area contributed by atoms with Crippen molar-refractivity contribution in [1.29, 1.82) is 0 Å². The van der Waals surface area contributed by atoms with Gasteiger partial charge in [0.1, 0.15) is 6.61 Å². The van der Waals surface area contributed by atoms with Gasteiger partial charge in [0.15, 0.2) is 5.54 Å². The van der Waals surface area contributed by atoms with Gasteiger partial charge in [-0.05, 0) is 24.5 Å². The van der Waals surface area contributed by atoms with E-state index in [9.17, 15) is 19.5 Å². The number of carbonyl (C=O) groups is 3. The molecule has 1 aliphatic rings. The first-order chi connectivity index (χ1) is 13.9. The van der Waals surface area contributed by atoms with Gasteiger partial charge in [-0.15, -0.1) is 0 Å². The van der Waals surface area contributed by atoms with Crippen LogP contribution in [0.15, 0.2) is 60.7 Å². The topological polar surface area (TPSA) is 110 Å². The van der Waals surface area contributed by atoms with Crippen LogP contribution in [0.25, 0.3) is 0 Å². The Morgan fingerprint density at radius 1 is 1.14 bits per heavy atom. The van der Waals surface area contributed by atoms with Crippen LogP contribution in [0, 0.1) is 5.92 Å². The smallest absolute Gasteiger partial charge is 0.335 e. The number of carbonyl (C=O) groups excluding carboxylic acids is 2. The van der Waals surface area contributed by atoms with E-state index in [2.05, 4.69) is 0 Å². The van der Waals surface area contributed by atoms with Crippen LogP contribution in [0.5, 0.6) is 0 Å². The van der Waals surface area contributed by atoms with E-state index in [1.165, 1.54) is 11.8 Å². The highest BCUT2D eigenvalue weighted by molar-refractivity contribution is 5.95. The number of aliphatic carboxylic acids is 1. The summed E-state index contributed by atoms with van der Waals surface area (Å²) in [6, 6.07) is 16.6. The summed E-state index contributed by atoms with van der Waals surface area (Å²) in [5, 5.41) is 10.3. The number of esters is 1. The van der Waals surface area contributed by atoms with Gasteiger partial charge in [-0.2, -0.15) is 0 Å². The molecule has 2 aromatic carbocycles. The Balaban J connectivity index is 1.99. The molecule has 0 spiro atoms. The molecule has 1 fully saturated rings. The van der Waals surface area contributed by atoms with Gasteiger partial charge in [-0.3, -0.25) is 9.59 Å². The number of ether oxygens (including phenoxy) is 1. The highest BCUT2D eigenvalue weighted by atomic mass is 16.5. The number of nitrogens with two attached hydrogens (primary N) is 1. The van der Waals surface area contributed by atoms with Crippen molar-refractivity contribution in [1.82, 2.24) is 4.90 Å². The molecular formula is C22H24N2O5. The van der Waals surface area contributed by atoms with Crippen molar-refractivity contribution in [2.45, 2.75) is 31.5 Å². The molecule has 0 aliphatic carbocycles. The molecule has 29 heavy (non-hydrogen) atoms. The largest absolute Gasteiger partial charge is 0.479 e. The Morgan fingerprint density at radius 3 is 2.28 bits per heavy atom. The van der Waals surface area contributed by atoms with Crippen molar-refractivity contribution in [3.05, 3.63) is 71.8 Å². The molecule has 2 aromatic rings. The summed E-state index contributed by atoms with van der Waals surface area (Å²) in [7, 11) is 0. The van der Waals surface area contributed by atoms with E-state index >= 15 is 0 Å². The number of nitrogens with zero attached hydrogens (tertiary/aromatic N) is 1. The predicted octanol–water partition coefficient (Wildman–Crippen LogP) is 1.91. The Kier molecular flexibility index (Phi) is 5.98. The Morgan fingerprint density at radius 2 is 1.72 bits per heavy atom. The number of carboxylic acid groups (broad SMARTS) is 1. The highest BCUT2D eigenvalue weighted by Crippen LogP contribution is 2.45. The molecule has 1 aliphatic heterocycles. The monoisotopic (exact) mass is 396 g/mol. The van der Waals surface area contributed by atoms with Crippen LogP contribution in [-0.2, 0) is 31.3 Å². The molecule has 3 N–H and O–H groups in total. The van der Waals surface area contributed by atoms with Gasteiger partial charge in [-0.1, -0.05) is 60.7 Å². The standard InChI is InChI=1S/C22H24N2O5/c1-15(23)19(25)24-13-12-18(20(26)29-14-16-8-4-2-5-9-16)22(24,21(27)28)17-10-6-3-7-11-17/h2-11,15,18H,12-14,23H2,1H3,(H,27,28)/t15-,18?,22-/m0/s1. The molecule has 3 rings (SSSR count). The number of hydrogen-bond donors (Lipinski definition) is 2. The van der Waals surface area contributed by atoms with E-state index in [1.54, 1.807) is 30.3 Å². The lowest BCUT2D eigenvalue weighted by Crippen LogP contribution is -2.58. The molecule has 0 radical (unpaired) electrons. The summed E-state index contributed by atoms with van der Waals surface area (Å²) in [5.74, 6) is -3.50. The normalized spacial score (nSPS) is 22.1. The second-order valence-corrected chi connectivity index (χ2v) is 7.15. The first-order valence-electron chi connectivity index (χ1n) is 9.45. The van der Waals surface area contributed by atoms with Crippen molar-refractivity contribution in [3.8, 4) is 0 Å². The molecule has 3 atom stereocenters. The lowest BCUT2D eigenvalue weighted by molar-refractivity contribution is -0.169. The average molecular weight is 396 g/mol. The number of benzene rings is 2. The Labute approximate surface area is 169 Å². The SMILES string of the molecule is C[C@H](N)C(=O)N1CCC(C(=O)OCc2ccccc2)[C@]1(C(=O)O)c1ccccc1. The van der Waals surface area contributed by atoms with Crippen molar-refractivity contribution in [2.75, 3.05) is 6.54 Å². The zero-order valence-corrected chi connectivity index (χ0v) is 16.2. The Bertz CT molecular complexity index is 885. The van der Waals surface area contributed by atoms with Gasteiger partial charge >= 0.3 is 11.9 Å². The second-order valence-electron chi connectivity index (χ2n) is 7.15.